The van der Waals surface area contributed by atoms with Gasteiger partial charge in [0, 0.05) is 15.1 Å². The summed E-state index contributed by atoms with van der Waals surface area (Å²) in [6, 6.07) is 9.29. The molecule has 2 aromatic heterocycles. The van der Waals surface area contributed by atoms with E-state index < -0.39 is 0 Å². The molecule has 3 rings (SSSR count). The summed E-state index contributed by atoms with van der Waals surface area (Å²) >= 11 is 8.15. The fraction of sp³-hybridized carbons (Fsp3) is 0.0769. The molecule has 0 aliphatic rings. The van der Waals surface area contributed by atoms with Gasteiger partial charge in [-0.2, -0.15) is 0 Å². The predicted molar refractivity (Wildman–Crippen MR) is 87.8 cm³/mol. The van der Waals surface area contributed by atoms with Crippen LogP contribution < -0.4 is 5.73 Å². The highest BCUT2D eigenvalue weighted by atomic mass is 79.9. The van der Waals surface area contributed by atoms with Gasteiger partial charge in [-0.1, -0.05) is 15.9 Å². The molecule has 1 aromatic carbocycles. The number of thioether (sulfide) groups is 1. The van der Waals surface area contributed by atoms with Gasteiger partial charge in [0.2, 0.25) is 5.89 Å². The van der Waals surface area contributed by atoms with E-state index in [0.717, 1.165) is 9.37 Å². The second kappa shape index (κ2) is 6.25. The maximum atomic E-state index is 5.95. The molecule has 0 unspecified atom stereocenters. The first-order chi connectivity index (χ1) is 10.1. The van der Waals surface area contributed by atoms with E-state index in [1.807, 2.05) is 18.2 Å². The summed E-state index contributed by atoms with van der Waals surface area (Å²) in [5, 5.41) is 7.97. The SMILES string of the molecule is Nc1cc(Br)ccc1SCc1nnc(-c2ccc(Br)o2)o1. The molecule has 2 N–H and O–H groups in total. The van der Waals surface area contributed by atoms with Gasteiger partial charge in [-0.3, -0.25) is 0 Å². The lowest BCUT2D eigenvalue weighted by molar-refractivity contribution is 0.486. The van der Waals surface area contributed by atoms with Crippen molar-refractivity contribution >= 4 is 49.3 Å². The lowest BCUT2D eigenvalue weighted by Crippen LogP contribution is -1.89. The Morgan fingerprint density at radius 3 is 2.67 bits per heavy atom. The smallest absolute Gasteiger partial charge is 0.283 e. The average molecular weight is 431 g/mol. The molecule has 8 heteroatoms. The number of nitrogens with two attached hydrogens (primary N) is 1. The van der Waals surface area contributed by atoms with E-state index in [1.54, 1.807) is 23.9 Å². The first-order valence-corrected chi connectivity index (χ1v) is 8.45. The largest absolute Gasteiger partial charge is 0.444 e. The number of nitrogens with zero attached hydrogens (tertiary/aromatic N) is 2. The Morgan fingerprint density at radius 1 is 1.10 bits per heavy atom. The second-order valence-electron chi connectivity index (χ2n) is 4.08. The van der Waals surface area contributed by atoms with Crippen molar-refractivity contribution in [2.24, 2.45) is 0 Å². The number of aromatic nitrogens is 2. The van der Waals surface area contributed by atoms with Crippen molar-refractivity contribution < 1.29 is 8.83 Å². The van der Waals surface area contributed by atoms with Crippen LogP contribution in [0.25, 0.3) is 11.7 Å². The first kappa shape index (κ1) is 14.7. The Kier molecular flexibility index (Phi) is 4.37. The third kappa shape index (κ3) is 3.50. The molecule has 108 valence electrons. The molecule has 0 saturated carbocycles. The normalized spacial score (nSPS) is 11.0. The molecule has 0 amide bonds. The highest BCUT2D eigenvalue weighted by Crippen LogP contribution is 2.31. The number of halogens is 2. The summed E-state index contributed by atoms with van der Waals surface area (Å²) in [6.45, 7) is 0. The van der Waals surface area contributed by atoms with Crippen LogP contribution in [0.3, 0.4) is 0 Å². The predicted octanol–water partition coefficient (Wildman–Crippen LogP) is 4.73. The van der Waals surface area contributed by atoms with Gasteiger partial charge in [-0.25, -0.2) is 0 Å². The van der Waals surface area contributed by atoms with Gasteiger partial charge in [0.1, 0.15) is 0 Å². The lowest BCUT2D eigenvalue weighted by atomic mass is 10.3. The highest BCUT2D eigenvalue weighted by molar-refractivity contribution is 9.10. The molecule has 0 spiro atoms. The Labute approximate surface area is 141 Å². The van der Waals surface area contributed by atoms with E-state index in [0.29, 0.717) is 33.7 Å². The zero-order valence-electron chi connectivity index (χ0n) is 10.5. The van der Waals surface area contributed by atoms with Crippen LogP contribution >= 0.6 is 43.6 Å². The molecule has 5 nitrogen and oxygen atoms in total. The fourth-order valence-corrected chi connectivity index (χ4v) is 3.10. The zero-order valence-corrected chi connectivity index (χ0v) is 14.5. The van der Waals surface area contributed by atoms with Crippen molar-refractivity contribution in [1.29, 1.82) is 0 Å². The van der Waals surface area contributed by atoms with Gasteiger partial charge in [0.15, 0.2) is 10.4 Å². The maximum absolute atomic E-state index is 5.95. The molecule has 3 aromatic rings. The topological polar surface area (TPSA) is 78.1 Å². The highest BCUT2D eigenvalue weighted by Gasteiger charge is 2.13. The second-order valence-corrected chi connectivity index (χ2v) is 6.79. The third-order valence-electron chi connectivity index (χ3n) is 2.57. The average Bonchev–Trinajstić information content (AvgIpc) is 3.06. The van der Waals surface area contributed by atoms with Crippen LogP contribution in [0.4, 0.5) is 5.69 Å². The van der Waals surface area contributed by atoms with Gasteiger partial charge in [0.25, 0.3) is 5.89 Å². The van der Waals surface area contributed by atoms with E-state index in [2.05, 4.69) is 42.1 Å². The molecule has 0 saturated heterocycles. The van der Waals surface area contributed by atoms with E-state index in [4.69, 9.17) is 14.6 Å². The van der Waals surface area contributed by atoms with Crippen LogP contribution in [0.2, 0.25) is 0 Å². The minimum absolute atomic E-state index is 0.361. The monoisotopic (exact) mass is 429 g/mol. The third-order valence-corrected chi connectivity index (χ3v) is 4.57. The van der Waals surface area contributed by atoms with Gasteiger partial charge < -0.3 is 14.6 Å². The van der Waals surface area contributed by atoms with Crippen molar-refractivity contribution in [3.63, 3.8) is 0 Å². The minimum Gasteiger partial charge on any atom is -0.444 e. The van der Waals surface area contributed by atoms with Crippen molar-refractivity contribution in [2.75, 3.05) is 5.73 Å². The van der Waals surface area contributed by atoms with Crippen LogP contribution in [-0.4, -0.2) is 10.2 Å². The van der Waals surface area contributed by atoms with Gasteiger partial charge >= 0.3 is 0 Å². The number of furan rings is 1. The first-order valence-electron chi connectivity index (χ1n) is 5.88. The van der Waals surface area contributed by atoms with E-state index in [1.165, 1.54) is 0 Å². The molecule has 0 atom stereocenters. The number of nitrogen functional groups attached to an aromatic ring is 1. The summed E-state index contributed by atoms with van der Waals surface area (Å²) in [7, 11) is 0. The summed E-state index contributed by atoms with van der Waals surface area (Å²) < 4.78 is 12.5. The van der Waals surface area contributed by atoms with Gasteiger partial charge in [-0.05, 0) is 46.3 Å². The van der Waals surface area contributed by atoms with E-state index in [9.17, 15) is 0 Å². The number of benzene rings is 1. The van der Waals surface area contributed by atoms with Crippen molar-refractivity contribution in [3.8, 4) is 11.7 Å². The van der Waals surface area contributed by atoms with Crippen molar-refractivity contribution in [3.05, 3.63) is 45.4 Å². The van der Waals surface area contributed by atoms with Gasteiger partial charge in [-0.15, -0.1) is 22.0 Å². The van der Waals surface area contributed by atoms with Crippen LogP contribution in [0.5, 0.6) is 0 Å². The lowest BCUT2D eigenvalue weighted by Gasteiger charge is -2.03. The maximum Gasteiger partial charge on any atom is 0.283 e. The standard InChI is InChI=1S/C13H9Br2N3O2S/c14-7-1-3-10(8(16)5-7)21-6-12-17-18-13(20-12)9-2-4-11(15)19-9/h1-5H,6,16H2. The van der Waals surface area contributed by atoms with Gasteiger partial charge in [0.05, 0.1) is 5.75 Å². The fourth-order valence-electron chi connectivity index (χ4n) is 1.63. The Morgan fingerprint density at radius 2 is 1.95 bits per heavy atom. The van der Waals surface area contributed by atoms with Crippen molar-refractivity contribution in [1.82, 2.24) is 10.2 Å². The minimum atomic E-state index is 0.361. The number of hydrogen-bond acceptors (Lipinski definition) is 6. The molecular formula is C13H9Br2N3O2S. The Balaban J connectivity index is 1.70. The number of anilines is 1. The van der Waals surface area contributed by atoms with Crippen LogP contribution in [0.15, 0.2) is 53.2 Å². The summed E-state index contributed by atoms with van der Waals surface area (Å²) in [6.07, 6.45) is 0. The quantitative estimate of drug-likeness (QED) is 0.476. The summed E-state index contributed by atoms with van der Waals surface area (Å²) in [5.74, 6) is 1.96. The Hall–Kier alpha value is -1.25. The number of hydrogen-bond donors (Lipinski definition) is 1. The van der Waals surface area contributed by atoms with E-state index >= 15 is 0 Å². The van der Waals surface area contributed by atoms with Crippen LogP contribution in [0.1, 0.15) is 5.89 Å². The molecule has 2 heterocycles. The molecule has 0 fully saturated rings. The molecular weight excluding hydrogens is 422 g/mol. The molecule has 21 heavy (non-hydrogen) atoms. The summed E-state index contributed by atoms with van der Waals surface area (Å²) in [4.78, 5) is 0.971. The van der Waals surface area contributed by atoms with Crippen LogP contribution in [0, 0.1) is 0 Å². The Bertz CT molecular complexity index is 772. The molecule has 0 aliphatic carbocycles. The number of rotatable bonds is 4. The van der Waals surface area contributed by atoms with E-state index in [-0.39, 0.29) is 0 Å². The van der Waals surface area contributed by atoms with Crippen LogP contribution in [-0.2, 0) is 5.75 Å². The molecule has 0 aliphatic heterocycles. The summed E-state index contributed by atoms with van der Waals surface area (Å²) in [5.41, 5.74) is 6.66. The molecule has 0 radical (unpaired) electrons. The molecule has 0 bridgehead atoms. The van der Waals surface area contributed by atoms with Crippen molar-refractivity contribution in [2.45, 2.75) is 10.6 Å². The zero-order chi connectivity index (χ0) is 14.8.